The number of carbonyl (C=O) groups excluding carboxylic acids is 2. The second-order valence-corrected chi connectivity index (χ2v) is 2.96. The highest BCUT2D eigenvalue weighted by molar-refractivity contribution is 5.80. The van der Waals surface area contributed by atoms with Crippen molar-refractivity contribution in [2.24, 2.45) is 5.73 Å². The number of primary amides is 1. The van der Waals surface area contributed by atoms with Crippen molar-refractivity contribution in [3.8, 4) is 0 Å². The molecule has 0 aliphatic rings. The third-order valence-electron chi connectivity index (χ3n) is 1.59. The van der Waals surface area contributed by atoms with E-state index in [9.17, 15) is 14.4 Å². The van der Waals surface area contributed by atoms with E-state index in [4.69, 9.17) is 10.8 Å². The summed E-state index contributed by atoms with van der Waals surface area (Å²) in [6.45, 7) is 3.06. The summed E-state index contributed by atoms with van der Waals surface area (Å²) in [5, 5.41) is 10.9. The maximum absolute atomic E-state index is 11.4. The molecule has 0 atom stereocenters. The number of hydrogen-bond donors (Lipinski definition) is 3. The first kappa shape index (κ1) is 14.8. The van der Waals surface area contributed by atoms with Crippen LogP contribution in [0.25, 0.3) is 0 Å². The highest BCUT2D eigenvalue weighted by Crippen LogP contribution is 1.90. The van der Waals surface area contributed by atoms with Crippen LogP contribution in [0, 0.1) is 0 Å². The van der Waals surface area contributed by atoms with Crippen LogP contribution in [-0.4, -0.2) is 54.3 Å². The number of hydrogen-bond acceptors (Lipinski definition) is 4. The fourth-order valence-corrected chi connectivity index (χ4v) is 0.960. The lowest BCUT2D eigenvalue weighted by molar-refractivity contribution is -0.137. The van der Waals surface area contributed by atoms with Gasteiger partial charge in [0.2, 0.25) is 0 Å². The number of aliphatic carboxylic acids is 1. The molecule has 0 fully saturated rings. The van der Waals surface area contributed by atoms with Crippen molar-refractivity contribution in [3.63, 3.8) is 0 Å². The number of ether oxygens (including phenoxy) is 1. The van der Waals surface area contributed by atoms with Crippen LogP contribution in [0.2, 0.25) is 0 Å². The summed E-state index contributed by atoms with van der Waals surface area (Å²) in [5.74, 6) is -1.13. The molecule has 3 amide bonds. The molecule has 0 spiro atoms. The molecule has 4 N–H and O–H groups in total. The van der Waals surface area contributed by atoms with Gasteiger partial charge in [0.25, 0.3) is 0 Å². The average Bonchev–Trinajstić information content (AvgIpc) is 2.22. The van der Waals surface area contributed by atoms with E-state index < -0.39 is 24.6 Å². The van der Waals surface area contributed by atoms with Crippen molar-refractivity contribution in [2.75, 3.05) is 26.2 Å². The molecule has 0 radical (unpaired) electrons. The van der Waals surface area contributed by atoms with Crippen molar-refractivity contribution < 1.29 is 24.2 Å². The minimum atomic E-state index is -1.13. The van der Waals surface area contributed by atoms with E-state index in [2.05, 4.69) is 16.6 Å². The Morgan fingerprint density at radius 3 is 2.59 bits per heavy atom. The van der Waals surface area contributed by atoms with Crippen LogP contribution in [0.15, 0.2) is 12.7 Å². The highest BCUT2D eigenvalue weighted by atomic mass is 16.5. The fraction of sp³-hybridized carbons (Fsp3) is 0.444. The van der Waals surface area contributed by atoms with Crippen LogP contribution >= 0.6 is 0 Å². The summed E-state index contributed by atoms with van der Waals surface area (Å²) in [4.78, 5) is 33.2. The molecular formula is C9H15N3O5. The van der Waals surface area contributed by atoms with Crippen LogP contribution in [0.5, 0.6) is 0 Å². The molecule has 0 aromatic heterocycles. The quantitative estimate of drug-likeness (QED) is 0.407. The zero-order chi connectivity index (χ0) is 13.3. The number of rotatable bonds is 7. The lowest BCUT2D eigenvalue weighted by atomic mass is 10.5. The van der Waals surface area contributed by atoms with Gasteiger partial charge in [0.15, 0.2) is 0 Å². The van der Waals surface area contributed by atoms with Gasteiger partial charge in [0, 0.05) is 6.54 Å². The number of nitrogens with one attached hydrogen (secondary N) is 1. The van der Waals surface area contributed by atoms with E-state index in [0.717, 1.165) is 4.90 Å². The minimum Gasteiger partial charge on any atom is -0.480 e. The minimum absolute atomic E-state index is 0.0506. The standard InChI is InChI=1S/C9H15N3O5/c1-2-4-12(6-7(13)14)9(16)11-3-5-17-8(10)15/h2H,1,3-6H2,(H2,10,15)(H,11,16)(H,13,14). The Kier molecular flexibility index (Phi) is 6.91. The average molecular weight is 245 g/mol. The predicted octanol–water partition coefficient (Wildman–Crippen LogP) is -0.636. The van der Waals surface area contributed by atoms with Gasteiger partial charge in [0.1, 0.15) is 13.2 Å². The van der Waals surface area contributed by atoms with E-state index in [1.807, 2.05) is 0 Å². The summed E-state index contributed by atoms with van der Waals surface area (Å²) in [6, 6.07) is -0.583. The van der Waals surface area contributed by atoms with E-state index in [1.54, 1.807) is 0 Å². The summed E-state index contributed by atoms with van der Waals surface area (Å²) in [7, 11) is 0. The molecule has 0 aliphatic heterocycles. The van der Waals surface area contributed by atoms with Crippen molar-refractivity contribution in [2.45, 2.75) is 0 Å². The van der Waals surface area contributed by atoms with E-state index in [0.29, 0.717) is 0 Å². The maximum atomic E-state index is 11.4. The molecule has 0 unspecified atom stereocenters. The molecule has 8 heteroatoms. The van der Waals surface area contributed by atoms with Gasteiger partial charge in [0.05, 0.1) is 6.54 Å². The van der Waals surface area contributed by atoms with Gasteiger partial charge in [-0.15, -0.1) is 6.58 Å². The predicted molar refractivity (Wildman–Crippen MR) is 58.3 cm³/mol. The smallest absolute Gasteiger partial charge is 0.404 e. The third kappa shape index (κ3) is 7.65. The van der Waals surface area contributed by atoms with Gasteiger partial charge in [-0.2, -0.15) is 0 Å². The molecule has 0 saturated carbocycles. The first-order valence-corrected chi connectivity index (χ1v) is 4.75. The third-order valence-corrected chi connectivity index (χ3v) is 1.59. The zero-order valence-electron chi connectivity index (χ0n) is 9.22. The molecule has 0 aromatic rings. The first-order valence-electron chi connectivity index (χ1n) is 4.75. The molecule has 0 rings (SSSR count). The van der Waals surface area contributed by atoms with Gasteiger partial charge < -0.3 is 25.8 Å². The SMILES string of the molecule is C=CCN(CC(=O)O)C(=O)NCCOC(N)=O. The Labute approximate surface area is 98.0 Å². The Morgan fingerprint density at radius 2 is 2.12 bits per heavy atom. The maximum Gasteiger partial charge on any atom is 0.404 e. The van der Waals surface area contributed by atoms with E-state index >= 15 is 0 Å². The topological polar surface area (TPSA) is 122 Å². The molecule has 0 bridgehead atoms. The van der Waals surface area contributed by atoms with Crippen LogP contribution in [0.4, 0.5) is 9.59 Å². The normalized spacial score (nSPS) is 9.18. The number of carboxylic acids is 1. The molecule has 8 nitrogen and oxygen atoms in total. The monoisotopic (exact) mass is 245 g/mol. The van der Waals surface area contributed by atoms with Crippen LogP contribution in [0.1, 0.15) is 0 Å². The summed E-state index contributed by atoms with van der Waals surface area (Å²) >= 11 is 0. The number of nitrogens with two attached hydrogens (primary N) is 1. The van der Waals surface area contributed by atoms with Gasteiger partial charge in [-0.05, 0) is 0 Å². The number of carboxylic acid groups (broad SMARTS) is 1. The summed E-state index contributed by atoms with van der Waals surface area (Å²) < 4.78 is 4.38. The Bertz CT molecular complexity index is 305. The molecule has 0 aliphatic carbocycles. The Morgan fingerprint density at radius 1 is 1.47 bits per heavy atom. The summed E-state index contributed by atoms with van der Waals surface area (Å²) in [5.41, 5.74) is 4.71. The van der Waals surface area contributed by atoms with Crippen molar-refractivity contribution in [3.05, 3.63) is 12.7 Å². The van der Waals surface area contributed by atoms with Gasteiger partial charge in [-0.25, -0.2) is 9.59 Å². The second-order valence-electron chi connectivity index (χ2n) is 2.96. The number of amides is 3. The van der Waals surface area contributed by atoms with Crippen molar-refractivity contribution >= 4 is 18.1 Å². The van der Waals surface area contributed by atoms with Crippen LogP contribution < -0.4 is 11.1 Å². The van der Waals surface area contributed by atoms with Crippen molar-refractivity contribution in [1.29, 1.82) is 0 Å². The zero-order valence-corrected chi connectivity index (χ0v) is 9.22. The van der Waals surface area contributed by atoms with Gasteiger partial charge >= 0.3 is 18.1 Å². The van der Waals surface area contributed by atoms with Crippen molar-refractivity contribution in [1.82, 2.24) is 10.2 Å². The largest absolute Gasteiger partial charge is 0.480 e. The lowest BCUT2D eigenvalue weighted by Gasteiger charge is -2.19. The molecule has 17 heavy (non-hydrogen) atoms. The molecular weight excluding hydrogens is 230 g/mol. The number of urea groups is 1. The second kappa shape index (κ2) is 7.97. The van der Waals surface area contributed by atoms with Crippen LogP contribution in [0.3, 0.4) is 0 Å². The van der Waals surface area contributed by atoms with E-state index in [1.165, 1.54) is 6.08 Å². The van der Waals surface area contributed by atoms with E-state index in [-0.39, 0.29) is 19.7 Å². The number of carbonyl (C=O) groups is 3. The molecule has 0 aromatic carbocycles. The highest BCUT2D eigenvalue weighted by Gasteiger charge is 2.14. The fourth-order valence-electron chi connectivity index (χ4n) is 0.960. The first-order chi connectivity index (χ1) is 7.97. The van der Waals surface area contributed by atoms with Gasteiger partial charge in [-0.1, -0.05) is 6.08 Å². The molecule has 0 heterocycles. The molecule has 0 saturated heterocycles. The Balaban J connectivity index is 4.00. The molecule has 96 valence electrons. The Hall–Kier alpha value is -2.25. The number of nitrogens with zero attached hydrogens (tertiary/aromatic N) is 1. The van der Waals surface area contributed by atoms with Crippen LogP contribution in [-0.2, 0) is 9.53 Å². The van der Waals surface area contributed by atoms with Gasteiger partial charge in [-0.3, -0.25) is 4.79 Å². The lowest BCUT2D eigenvalue weighted by Crippen LogP contribution is -2.44. The summed E-state index contributed by atoms with van der Waals surface area (Å²) in [6.07, 6.45) is 0.468.